The van der Waals surface area contributed by atoms with E-state index in [0.717, 1.165) is 5.92 Å². The van der Waals surface area contributed by atoms with Crippen LogP contribution >= 0.6 is 0 Å². The molecule has 1 fully saturated rings. The summed E-state index contributed by atoms with van der Waals surface area (Å²) in [7, 11) is 0. The van der Waals surface area contributed by atoms with Gasteiger partial charge >= 0.3 is 0 Å². The standard InChI is InChI=1S/C8H16.5CH4/c1-2-8-6-4-3-5-7-8;;;;;/h8H,2-7H2,1H3;5*1H4. The highest BCUT2D eigenvalue weighted by atomic mass is 14.2. The van der Waals surface area contributed by atoms with Gasteiger partial charge in [0.25, 0.3) is 0 Å². The van der Waals surface area contributed by atoms with Gasteiger partial charge in [-0.3, -0.25) is 0 Å². The lowest BCUT2D eigenvalue weighted by Crippen LogP contribution is -2.03. The Kier molecular flexibility index (Phi) is 40.3. The third-order valence-electron chi connectivity index (χ3n) is 2.30. The van der Waals surface area contributed by atoms with E-state index in [4.69, 9.17) is 0 Å². The maximum absolute atomic E-state index is 2.32. The summed E-state index contributed by atoms with van der Waals surface area (Å²) in [6.45, 7) is 2.32. The van der Waals surface area contributed by atoms with Crippen molar-refractivity contribution in [3.63, 3.8) is 0 Å². The first-order chi connectivity index (χ1) is 3.93. The van der Waals surface area contributed by atoms with Crippen LogP contribution in [-0.4, -0.2) is 0 Å². The van der Waals surface area contributed by atoms with Gasteiger partial charge in [-0.15, -0.1) is 0 Å². The molecule has 1 aliphatic carbocycles. The fourth-order valence-electron chi connectivity index (χ4n) is 1.60. The molecule has 0 spiro atoms. The summed E-state index contributed by atoms with van der Waals surface area (Å²) in [5.74, 6) is 1.09. The van der Waals surface area contributed by atoms with Gasteiger partial charge in [-0.25, -0.2) is 0 Å². The van der Waals surface area contributed by atoms with Crippen LogP contribution in [0.1, 0.15) is 82.6 Å². The lowest BCUT2D eigenvalue weighted by molar-refractivity contribution is 0.349. The molecule has 0 bridgehead atoms. The van der Waals surface area contributed by atoms with Crippen LogP contribution < -0.4 is 0 Å². The Hall–Kier alpha value is 0. The zero-order valence-corrected chi connectivity index (χ0v) is 5.82. The molecule has 0 aromatic carbocycles. The molecule has 88 valence electrons. The van der Waals surface area contributed by atoms with Crippen LogP contribution in [0.3, 0.4) is 0 Å². The normalized spacial score (nSPS) is 14.5. The molecule has 0 heteroatoms. The fourth-order valence-corrected chi connectivity index (χ4v) is 1.60. The van der Waals surface area contributed by atoms with Crippen molar-refractivity contribution in [3.05, 3.63) is 0 Å². The van der Waals surface area contributed by atoms with Crippen molar-refractivity contribution >= 4 is 0 Å². The Morgan fingerprint density at radius 3 is 1.38 bits per heavy atom. The van der Waals surface area contributed by atoms with Crippen LogP contribution in [-0.2, 0) is 0 Å². The van der Waals surface area contributed by atoms with E-state index < -0.39 is 0 Å². The molecule has 0 aromatic rings. The topological polar surface area (TPSA) is 0 Å². The van der Waals surface area contributed by atoms with Crippen molar-refractivity contribution in [2.45, 2.75) is 82.6 Å². The zero-order valence-electron chi connectivity index (χ0n) is 5.82. The first-order valence-corrected chi connectivity index (χ1v) is 3.93. The van der Waals surface area contributed by atoms with E-state index in [9.17, 15) is 0 Å². The first-order valence-electron chi connectivity index (χ1n) is 3.93. The van der Waals surface area contributed by atoms with Crippen molar-refractivity contribution in [1.29, 1.82) is 0 Å². The van der Waals surface area contributed by atoms with Crippen LogP contribution in [0, 0.1) is 5.92 Å². The van der Waals surface area contributed by atoms with E-state index in [1.54, 1.807) is 0 Å². The van der Waals surface area contributed by atoms with Crippen LogP contribution in [0.15, 0.2) is 0 Å². The van der Waals surface area contributed by atoms with Gasteiger partial charge < -0.3 is 0 Å². The van der Waals surface area contributed by atoms with Gasteiger partial charge in [0.05, 0.1) is 0 Å². The van der Waals surface area contributed by atoms with E-state index in [2.05, 4.69) is 6.92 Å². The molecule has 1 aliphatic rings. The van der Waals surface area contributed by atoms with E-state index >= 15 is 0 Å². The molecule has 0 heterocycles. The highest BCUT2D eigenvalue weighted by Gasteiger charge is 2.09. The number of hydrogen-bond donors (Lipinski definition) is 0. The molecular weight excluding hydrogens is 156 g/mol. The lowest BCUT2D eigenvalue weighted by Gasteiger charge is -2.18. The maximum atomic E-state index is 2.32. The number of hydrogen-bond acceptors (Lipinski definition) is 0. The van der Waals surface area contributed by atoms with Crippen molar-refractivity contribution < 1.29 is 0 Å². The molecule has 0 atom stereocenters. The predicted octanol–water partition coefficient (Wildman–Crippen LogP) is 6.16. The van der Waals surface area contributed by atoms with Crippen LogP contribution in [0.5, 0.6) is 0 Å². The Balaban J connectivity index is -0.0000000427. The molecule has 0 amide bonds. The van der Waals surface area contributed by atoms with Crippen molar-refractivity contribution in [1.82, 2.24) is 0 Å². The van der Waals surface area contributed by atoms with Gasteiger partial charge in [0, 0.05) is 0 Å². The second-order valence-electron chi connectivity index (χ2n) is 2.91. The second kappa shape index (κ2) is 17.9. The monoisotopic (exact) mass is 192 g/mol. The quantitative estimate of drug-likeness (QED) is 0.467. The van der Waals surface area contributed by atoms with Crippen LogP contribution in [0.2, 0.25) is 0 Å². The Morgan fingerprint density at radius 2 is 1.15 bits per heavy atom. The molecule has 0 unspecified atom stereocenters. The predicted molar refractivity (Wildman–Crippen MR) is 70.5 cm³/mol. The van der Waals surface area contributed by atoms with Crippen LogP contribution in [0.4, 0.5) is 0 Å². The van der Waals surface area contributed by atoms with Gasteiger partial charge in [0.2, 0.25) is 0 Å². The lowest BCUT2D eigenvalue weighted by atomic mass is 9.88. The van der Waals surface area contributed by atoms with Crippen molar-refractivity contribution in [2.24, 2.45) is 5.92 Å². The molecule has 0 aliphatic heterocycles. The number of rotatable bonds is 1. The van der Waals surface area contributed by atoms with Gasteiger partial charge in [-0.2, -0.15) is 0 Å². The molecule has 1 rings (SSSR count). The van der Waals surface area contributed by atoms with Crippen LogP contribution in [0.25, 0.3) is 0 Å². The Bertz CT molecular complexity index is 51.1. The van der Waals surface area contributed by atoms with E-state index in [-0.39, 0.29) is 37.1 Å². The summed E-state index contributed by atoms with van der Waals surface area (Å²) in [5, 5.41) is 0. The Morgan fingerprint density at radius 1 is 0.769 bits per heavy atom. The van der Waals surface area contributed by atoms with E-state index in [1.165, 1.54) is 38.5 Å². The summed E-state index contributed by atoms with van der Waals surface area (Å²) in [4.78, 5) is 0. The third-order valence-corrected chi connectivity index (χ3v) is 2.30. The highest BCUT2D eigenvalue weighted by molar-refractivity contribution is 4.63. The second-order valence-corrected chi connectivity index (χ2v) is 2.91. The summed E-state index contributed by atoms with van der Waals surface area (Å²) in [6, 6.07) is 0. The van der Waals surface area contributed by atoms with Crippen molar-refractivity contribution in [2.75, 3.05) is 0 Å². The summed E-state index contributed by atoms with van der Waals surface area (Å²) >= 11 is 0. The van der Waals surface area contributed by atoms with E-state index in [0.29, 0.717) is 0 Å². The molecule has 1 saturated carbocycles. The SMILES string of the molecule is C.C.C.C.C.CCC1CCCCC1. The third kappa shape index (κ3) is 12.0. The van der Waals surface area contributed by atoms with Gasteiger partial charge in [-0.1, -0.05) is 82.6 Å². The minimum Gasteiger partial charge on any atom is -0.0776 e. The Labute approximate surface area is 89.1 Å². The largest absolute Gasteiger partial charge is 0.0776 e. The average Bonchev–Trinajstić information content (AvgIpc) is 1.90. The van der Waals surface area contributed by atoms with Gasteiger partial charge in [0.15, 0.2) is 0 Å². The van der Waals surface area contributed by atoms with Crippen molar-refractivity contribution in [3.8, 4) is 0 Å². The summed E-state index contributed by atoms with van der Waals surface area (Å²) in [6.07, 6.45) is 8.93. The smallest absolute Gasteiger partial charge is 0.0417 e. The maximum Gasteiger partial charge on any atom is -0.0417 e. The zero-order chi connectivity index (χ0) is 5.82. The van der Waals surface area contributed by atoms with E-state index in [1.807, 2.05) is 0 Å². The summed E-state index contributed by atoms with van der Waals surface area (Å²) in [5.41, 5.74) is 0. The first kappa shape index (κ1) is 29.2. The minimum absolute atomic E-state index is 0. The minimum atomic E-state index is 0. The fraction of sp³-hybridized carbons (Fsp3) is 1.00. The molecule has 0 N–H and O–H groups in total. The highest BCUT2D eigenvalue weighted by Crippen LogP contribution is 2.25. The average molecular weight is 192 g/mol. The van der Waals surface area contributed by atoms with Gasteiger partial charge in [0.1, 0.15) is 0 Å². The molecular formula is C13H36. The molecule has 0 aromatic heterocycles. The summed E-state index contributed by atoms with van der Waals surface area (Å²) < 4.78 is 0. The molecule has 0 radical (unpaired) electrons. The molecule has 0 saturated heterocycles. The van der Waals surface area contributed by atoms with Gasteiger partial charge in [-0.05, 0) is 5.92 Å². The molecule has 0 nitrogen and oxygen atoms in total. The molecule has 13 heavy (non-hydrogen) atoms.